The van der Waals surface area contributed by atoms with E-state index < -0.39 is 0 Å². The summed E-state index contributed by atoms with van der Waals surface area (Å²) < 4.78 is 0. The van der Waals surface area contributed by atoms with Gasteiger partial charge in [0.1, 0.15) is 16.1 Å². The molecule has 1 rings (SSSR count). The Balaban J connectivity index is 2.77. The fraction of sp³-hybridized carbons (Fsp3) is 0.500. The molecule has 0 saturated heterocycles. The lowest BCUT2D eigenvalue weighted by Crippen LogP contribution is -2.18. The predicted octanol–water partition coefficient (Wildman–Crippen LogP) is 2.24. The summed E-state index contributed by atoms with van der Waals surface area (Å²) in [7, 11) is 1.98. The zero-order valence-corrected chi connectivity index (χ0v) is 9.10. The molecule has 0 unspecified atom stereocenters. The third-order valence-corrected chi connectivity index (χ3v) is 2.05. The molecule has 0 aliphatic rings. The van der Waals surface area contributed by atoms with Crippen LogP contribution < -0.4 is 0 Å². The highest BCUT2D eigenvalue weighted by atomic mass is 35.5. The Hall–Kier alpha value is -0.380. The number of halogens is 2. The molecular weight excluding hydrogens is 209 g/mol. The van der Waals surface area contributed by atoms with Gasteiger partial charge in [-0.05, 0) is 13.6 Å². The molecule has 13 heavy (non-hydrogen) atoms. The van der Waals surface area contributed by atoms with Crippen LogP contribution in [-0.2, 0) is 6.54 Å². The van der Waals surface area contributed by atoms with Crippen LogP contribution >= 0.6 is 23.2 Å². The van der Waals surface area contributed by atoms with Gasteiger partial charge in [-0.15, -0.1) is 0 Å². The molecule has 1 heterocycles. The van der Waals surface area contributed by atoms with Gasteiger partial charge in [0.05, 0.1) is 6.54 Å². The summed E-state index contributed by atoms with van der Waals surface area (Å²) in [5.41, 5.74) is 0. The maximum absolute atomic E-state index is 5.72. The largest absolute Gasteiger partial charge is 0.299 e. The first kappa shape index (κ1) is 10.7. The van der Waals surface area contributed by atoms with Crippen molar-refractivity contribution in [3.8, 4) is 0 Å². The summed E-state index contributed by atoms with van der Waals surface area (Å²) in [5, 5.41) is 0.777. The number of rotatable bonds is 3. The van der Waals surface area contributed by atoms with E-state index in [0.29, 0.717) is 22.7 Å². The van der Waals surface area contributed by atoms with E-state index in [0.717, 1.165) is 6.54 Å². The molecule has 0 spiro atoms. The van der Waals surface area contributed by atoms with Gasteiger partial charge in [0, 0.05) is 6.07 Å². The summed E-state index contributed by atoms with van der Waals surface area (Å²) in [6, 6.07) is 1.53. The van der Waals surface area contributed by atoms with Gasteiger partial charge in [0.15, 0.2) is 0 Å². The molecule has 0 fully saturated rings. The van der Waals surface area contributed by atoms with Gasteiger partial charge < -0.3 is 0 Å². The molecule has 3 nitrogen and oxygen atoms in total. The first-order valence-corrected chi connectivity index (χ1v) is 4.75. The fourth-order valence-electron chi connectivity index (χ4n) is 0.858. The predicted molar refractivity (Wildman–Crippen MR) is 54.1 cm³/mol. The van der Waals surface area contributed by atoms with Crippen LogP contribution in [0.25, 0.3) is 0 Å². The summed E-state index contributed by atoms with van der Waals surface area (Å²) in [6.45, 7) is 3.66. The molecule has 5 heteroatoms. The molecule has 0 aliphatic carbocycles. The molecule has 0 radical (unpaired) electrons. The van der Waals surface area contributed by atoms with Gasteiger partial charge >= 0.3 is 0 Å². The normalized spacial score (nSPS) is 10.8. The van der Waals surface area contributed by atoms with Crippen molar-refractivity contribution in [2.24, 2.45) is 0 Å². The maximum Gasteiger partial charge on any atom is 0.145 e. The maximum atomic E-state index is 5.72. The Kier molecular flexibility index (Phi) is 3.90. The van der Waals surface area contributed by atoms with Crippen molar-refractivity contribution in [3.63, 3.8) is 0 Å². The Morgan fingerprint density at radius 2 is 1.85 bits per heavy atom. The van der Waals surface area contributed by atoms with E-state index in [4.69, 9.17) is 23.2 Å². The van der Waals surface area contributed by atoms with Crippen LogP contribution in [0, 0.1) is 0 Å². The van der Waals surface area contributed by atoms with Crippen molar-refractivity contribution in [2.75, 3.05) is 13.6 Å². The van der Waals surface area contributed by atoms with E-state index in [2.05, 4.69) is 21.8 Å². The highest BCUT2D eigenvalue weighted by Gasteiger charge is 2.03. The molecule has 1 aromatic rings. The Bertz CT molecular complexity index is 270. The quantitative estimate of drug-likeness (QED) is 0.731. The first-order valence-electron chi connectivity index (χ1n) is 3.99. The van der Waals surface area contributed by atoms with E-state index in [1.165, 1.54) is 6.07 Å². The van der Waals surface area contributed by atoms with E-state index in [1.54, 1.807) is 0 Å². The van der Waals surface area contributed by atoms with Crippen LogP contribution in [0.1, 0.15) is 12.7 Å². The summed E-state index contributed by atoms with van der Waals surface area (Å²) in [4.78, 5) is 10.2. The summed E-state index contributed by atoms with van der Waals surface area (Å²) in [6.07, 6.45) is 0. The van der Waals surface area contributed by atoms with Gasteiger partial charge in [-0.1, -0.05) is 30.1 Å². The average molecular weight is 220 g/mol. The highest BCUT2D eigenvalue weighted by Crippen LogP contribution is 2.12. The van der Waals surface area contributed by atoms with Crippen molar-refractivity contribution in [1.82, 2.24) is 14.9 Å². The number of hydrogen-bond donors (Lipinski definition) is 0. The smallest absolute Gasteiger partial charge is 0.145 e. The third-order valence-electron chi connectivity index (χ3n) is 1.66. The lowest BCUT2D eigenvalue weighted by Gasteiger charge is -2.12. The van der Waals surface area contributed by atoms with Crippen LogP contribution in [0.2, 0.25) is 10.3 Å². The van der Waals surface area contributed by atoms with Crippen molar-refractivity contribution in [3.05, 3.63) is 22.2 Å². The van der Waals surface area contributed by atoms with Crippen molar-refractivity contribution >= 4 is 23.2 Å². The minimum Gasteiger partial charge on any atom is -0.299 e. The van der Waals surface area contributed by atoms with Gasteiger partial charge in [-0.25, -0.2) is 9.97 Å². The second-order valence-corrected chi connectivity index (χ2v) is 3.53. The molecule has 0 saturated carbocycles. The van der Waals surface area contributed by atoms with Crippen molar-refractivity contribution in [1.29, 1.82) is 0 Å². The second-order valence-electron chi connectivity index (χ2n) is 2.76. The second kappa shape index (κ2) is 4.74. The van der Waals surface area contributed by atoms with E-state index in [1.807, 2.05) is 7.05 Å². The van der Waals surface area contributed by atoms with Crippen LogP contribution in [0.5, 0.6) is 0 Å². The topological polar surface area (TPSA) is 29.0 Å². The number of nitrogens with zero attached hydrogens (tertiary/aromatic N) is 3. The number of aromatic nitrogens is 2. The Labute approximate surface area is 87.7 Å². The zero-order chi connectivity index (χ0) is 9.84. The van der Waals surface area contributed by atoms with Crippen molar-refractivity contribution in [2.45, 2.75) is 13.5 Å². The molecule has 0 bridgehead atoms. The standard InChI is InChI=1S/C8H11Cl2N3/c1-3-13(2)5-8-11-6(9)4-7(10)12-8/h4H,3,5H2,1-2H3. The monoisotopic (exact) mass is 219 g/mol. The molecule has 0 aromatic carbocycles. The van der Waals surface area contributed by atoms with Gasteiger partial charge in [-0.3, -0.25) is 4.90 Å². The molecular formula is C8H11Cl2N3. The van der Waals surface area contributed by atoms with E-state index in [9.17, 15) is 0 Å². The molecule has 0 N–H and O–H groups in total. The van der Waals surface area contributed by atoms with E-state index in [-0.39, 0.29) is 0 Å². The highest BCUT2D eigenvalue weighted by molar-refractivity contribution is 6.33. The van der Waals surface area contributed by atoms with Crippen LogP contribution in [0.3, 0.4) is 0 Å². The summed E-state index contributed by atoms with van der Waals surface area (Å²) in [5.74, 6) is 0.654. The average Bonchev–Trinajstić information content (AvgIpc) is 2.02. The van der Waals surface area contributed by atoms with E-state index >= 15 is 0 Å². The van der Waals surface area contributed by atoms with Gasteiger partial charge in [-0.2, -0.15) is 0 Å². The van der Waals surface area contributed by atoms with Gasteiger partial charge in [0.2, 0.25) is 0 Å². The van der Waals surface area contributed by atoms with Crippen LogP contribution in [0.4, 0.5) is 0 Å². The van der Waals surface area contributed by atoms with Crippen LogP contribution in [0.15, 0.2) is 6.07 Å². The van der Waals surface area contributed by atoms with Crippen LogP contribution in [-0.4, -0.2) is 28.5 Å². The fourth-order valence-corrected chi connectivity index (χ4v) is 1.32. The minimum atomic E-state index is 0.388. The molecule has 72 valence electrons. The first-order chi connectivity index (χ1) is 6.11. The minimum absolute atomic E-state index is 0.388. The SMILES string of the molecule is CCN(C)Cc1nc(Cl)cc(Cl)n1. The Morgan fingerprint density at radius 3 is 2.31 bits per heavy atom. The zero-order valence-electron chi connectivity index (χ0n) is 7.59. The number of hydrogen-bond acceptors (Lipinski definition) is 3. The lowest BCUT2D eigenvalue weighted by molar-refractivity contribution is 0.336. The van der Waals surface area contributed by atoms with Crippen molar-refractivity contribution < 1.29 is 0 Å². The lowest BCUT2D eigenvalue weighted by atomic mass is 10.5. The van der Waals surface area contributed by atoms with Gasteiger partial charge in [0.25, 0.3) is 0 Å². The molecule has 1 aromatic heterocycles. The Morgan fingerprint density at radius 1 is 1.31 bits per heavy atom. The third kappa shape index (κ3) is 3.46. The summed E-state index contributed by atoms with van der Waals surface area (Å²) >= 11 is 11.4. The molecule has 0 atom stereocenters. The molecule has 0 aliphatic heterocycles. The molecule has 0 amide bonds.